The van der Waals surface area contributed by atoms with Crippen molar-refractivity contribution in [3.63, 3.8) is 0 Å². The van der Waals surface area contributed by atoms with E-state index in [0.717, 1.165) is 39.0 Å². The molecule has 19 heavy (non-hydrogen) atoms. The molecule has 1 aromatic carbocycles. The minimum absolute atomic E-state index is 0.244. The average Bonchev–Trinajstić information content (AvgIpc) is 2.92. The van der Waals surface area contributed by atoms with E-state index >= 15 is 0 Å². The average molecular weight is 257 g/mol. The summed E-state index contributed by atoms with van der Waals surface area (Å²) in [5.74, 6) is 2.09. The smallest absolute Gasteiger partial charge is 0.138 e. The molecular formula is C16H19NO2. The zero-order chi connectivity index (χ0) is 13.7. The Morgan fingerprint density at radius 2 is 1.58 bits per heavy atom. The molecular weight excluding hydrogens is 238 g/mol. The minimum Gasteiger partial charge on any atom is -0.461 e. The molecule has 3 nitrogen and oxygen atoms in total. The number of benzene rings is 1. The van der Waals surface area contributed by atoms with Gasteiger partial charge in [0.2, 0.25) is 0 Å². The molecule has 2 N–H and O–H groups in total. The Morgan fingerprint density at radius 3 is 2.21 bits per heavy atom. The highest BCUT2D eigenvalue weighted by Gasteiger charge is 2.21. The molecule has 0 radical (unpaired) electrons. The van der Waals surface area contributed by atoms with E-state index in [4.69, 9.17) is 14.6 Å². The van der Waals surface area contributed by atoms with Crippen molar-refractivity contribution in [1.82, 2.24) is 0 Å². The molecule has 3 heteroatoms. The van der Waals surface area contributed by atoms with Gasteiger partial charge in [-0.15, -0.1) is 0 Å². The number of nitrogens with two attached hydrogens (primary N) is 1. The summed E-state index contributed by atoms with van der Waals surface area (Å²) in [4.78, 5) is 0. The van der Waals surface area contributed by atoms with E-state index in [0.29, 0.717) is 6.54 Å². The van der Waals surface area contributed by atoms with E-state index in [1.54, 1.807) is 0 Å². The summed E-state index contributed by atoms with van der Waals surface area (Å²) in [5.41, 5.74) is 10.1. The van der Waals surface area contributed by atoms with Crippen LogP contribution in [0.4, 0.5) is 0 Å². The molecule has 0 amide bonds. The van der Waals surface area contributed by atoms with Crippen LogP contribution in [0.25, 0.3) is 21.9 Å². The first-order chi connectivity index (χ1) is 9.02. The molecule has 1 unspecified atom stereocenters. The number of fused-ring (bicyclic) bond motifs is 2. The van der Waals surface area contributed by atoms with Crippen molar-refractivity contribution >= 4 is 21.9 Å². The fourth-order valence-electron chi connectivity index (χ4n) is 2.84. The Morgan fingerprint density at radius 1 is 1.00 bits per heavy atom. The Kier molecular flexibility index (Phi) is 2.68. The monoisotopic (exact) mass is 257 g/mol. The first-order valence-corrected chi connectivity index (χ1v) is 6.65. The van der Waals surface area contributed by atoms with Gasteiger partial charge in [-0.2, -0.15) is 0 Å². The summed E-state index contributed by atoms with van der Waals surface area (Å²) in [6, 6.07) is 4.16. The second-order valence-corrected chi connectivity index (χ2v) is 5.38. The van der Waals surface area contributed by atoms with Crippen molar-refractivity contribution in [2.75, 3.05) is 6.54 Å². The van der Waals surface area contributed by atoms with Gasteiger partial charge in [-0.25, -0.2) is 0 Å². The summed E-state index contributed by atoms with van der Waals surface area (Å²) in [7, 11) is 0. The predicted molar refractivity (Wildman–Crippen MR) is 77.7 cm³/mol. The van der Waals surface area contributed by atoms with Gasteiger partial charge in [0.05, 0.1) is 0 Å². The Hall–Kier alpha value is -1.74. The lowest BCUT2D eigenvalue weighted by atomic mass is 9.93. The SMILES string of the molecule is Cc1cc2c(C(C)CN)c3oc(C)cc3c(C)c2o1. The lowest BCUT2D eigenvalue weighted by Crippen LogP contribution is -2.09. The van der Waals surface area contributed by atoms with Gasteiger partial charge in [-0.3, -0.25) is 0 Å². The van der Waals surface area contributed by atoms with Crippen LogP contribution in [0.2, 0.25) is 0 Å². The first-order valence-electron chi connectivity index (χ1n) is 6.65. The van der Waals surface area contributed by atoms with Crippen LogP contribution in [0.3, 0.4) is 0 Å². The van der Waals surface area contributed by atoms with Crippen molar-refractivity contribution in [3.05, 3.63) is 34.8 Å². The lowest BCUT2D eigenvalue weighted by Gasteiger charge is -2.12. The number of hydrogen-bond donors (Lipinski definition) is 1. The van der Waals surface area contributed by atoms with Crippen molar-refractivity contribution in [1.29, 1.82) is 0 Å². The van der Waals surface area contributed by atoms with Gasteiger partial charge in [0, 0.05) is 21.9 Å². The third-order valence-corrected chi connectivity index (χ3v) is 3.84. The van der Waals surface area contributed by atoms with Gasteiger partial charge >= 0.3 is 0 Å². The maximum absolute atomic E-state index is 5.92. The highest BCUT2D eigenvalue weighted by atomic mass is 16.3. The second-order valence-electron chi connectivity index (χ2n) is 5.38. The van der Waals surface area contributed by atoms with Crippen LogP contribution in [0.1, 0.15) is 35.5 Å². The molecule has 0 saturated heterocycles. The number of hydrogen-bond acceptors (Lipinski definition) is 3. The fraction of sp³-hybridized carbons (Fsp3) is 0.375. The molecule has 0 fully saturated rings. The molecule has 1 atom stereocenters. The Labute approximate surface area is 112 Å². The van der Waals surface area contributed by atoms with Crippen LogP contribution in [-0.4, -0.2) is 6.54 Å². The molecule has 0 aliphatic rings. The Balaban J connectivity index is 2.54. The predicted octanol–water partition coefficient (Wildman–Crippen LogP) is 4.17. The number of furan rings is 2. The van der Waals surface area contributed by atoms with Gasteiger partial charge < -0.3 is 14.6 Å². The standard InChI is InChI=1S/C16H19NO2/c1-8(7-17)14-13-6-10(3)18-15(13)11(4)12-5-9(2)19-16(12)14/h5-6,8H,7,17H2,1-4H3. The summed E-state index contributed by atoms with van der Waals surface area (Å²) in [6.45, 7) is 8.76. The van der Waals surface area contributed by atoms with Crippen LogP contribution < -0.4 is 5.73 Å². The summed E-state index contributed by atoms with van der Waals surface area (Å²) >= 11 is 0. The normalized spacial score (nSPS) is 13.5. The zero-order valence-corrected chi connectivity index (χ0v) is 11.8. The molecule has 0 spiro atoms. The van der Waals surface area contributed by atoms with Gasteiger partial charge in [0.15, 0.2) is 0 Å². The van der Waals surface area contributed by atoms with Gasteiger partial charge in [0.1, 0.15) is 22.7 Å². The molecule has 0 aliphatic carbocycles. The molecule has 3 aromatic rings. The number of rotatable bonds is 2. The maximum Gasteiger partial charge on any atom is 0.138 e. The van der Waals surface area contributed by atoms with Crippen molar-refractivity contribution in [2.45, 2.75) is 33.6 Å². The zero-order valence-electron chi connectivity index (χ0n) is 11.8. The molecule has 2 aromatic heterocycles. The maximum atomic E-state index is 5.92. The quantitative estimate of drug-likeness (QED) is 0.749. The second kappa shape index (κ2) is 4.14. The van der Waals surface area contributed by atoms with Gasteiger partial charge in [-0.1, -0.05) is 6.92 Å². The first kappa shape index (κ1) is 12.3. The van der Waals surface area contributed by atoms with Crippen molar-refractivity contribution in [2.24, 2.45) is 5.73 Å². The van der Waals surface area contributed by atoms with E-state index in [2.05, 4.69) is 26.0 Å². The van der Waals surface area contributed by atoms with Crippen LogP contribution in [-0.2, 0) is 0 Å². The van der Waals surface area contributed by atoms with Crippen LogP contribution in [0.5, 0.6) is 0 Å². The van der Waals surface area contributed by atoms with E-state index in [9.17, 15) is 0 Å². The molecule has 100 valence electrons. The summed E-state index contributed by atoms with van der Waals surface area (Å²) in [6.07, 6.45) is 0. The van der Waals surface area contributed by atoms with E-state index < -0.39 is 0 Å². The summed E-state index contributed by atoms with van der Waals surface area (Å²) < 4.78 is 11.8. The number of aryl methyl sites for hydroxylation is 3. The topological polar surface area (TPSA) is 52.3 Å². The van der Waals surface area contributed by atoms with Crippen LogP contribution in [0, 0.1) is 20.8 Å². The van der Waals surface area contributed by atoms with Gasteiger partial charge in [-0.05, 0) is 45.4 Å². The lowest BCUT2D eigenvalue weighted by molar-refractivity contribution is 0.568. The molecule has 0 saturated carbocycles. The minimum atomic E-state index is 0.244. The molecule has 3 rings (SSSR count). The molecule has 2 heterocycles. The molecule has 0 bridgehead atoms. The highest BCUT2D eigenvalue weighted by Crippen LogP contribution is 2.39. The van der Waals surface area contributed by atoms with E-state index in [-0.39, 0.29) is 5.92 Å². The fourth-order valence-corrected chi connectivity index (χ4v) is 2.84. The highest BCUT2D eigenvalue weighted by molar-refractivity contribution is 6.02. The van der Waals surface area contributed by atoms with Crippen molar-refractivity contribution in [3.8, 4) is 0 Å². The third-order valence-electron chi connectivity index (χ3n) is 3.84. The Bertz CT molecular complexity index is 706. The summed E-state index contributed by atoms with van der Waals surface area (Å²) in [5, 5.41) is 2.27. The largest absolute Gasteiger partial charge is 0.461 e. The van der Waals surface area contributed by atoms with E-state index in [1.165, 1.54) is 5.56 Å². The van der Waals surface area contributed by atoms with Crippen LogP contribution in [0.15, 0.2) is 21.0 Å². The third kappa shape index (κ3) is 1.69. The van der Waals surface area contributed by atoms with Crippen LogP contribution >= 0.6 is 0 Å². The van der Waals surface area contributed by atoms with E-state index in [1.807, 2.05) is 13.8 Å². The molecule has 0 aliphatic heterocycles. The van der Waals surface area contributed by atoms with Crippen molar-refractivity contribution < 1.29 is 8.83 Å². The van der Waals surface area contributed by atoms with Gasteiger partial charge in [0.25, 0.3) is 0 Å².